The van der Waals surface area contributed by atoms with Gasteiger partial charge in [0.25, 0.3) is 0 Å². The Balaban J connectivity index is 1.81. The largest absolute Gasteiger partial charge is 0.464 e. The number of rotatable bonds is 3. The van der Waals surface area contributed by atoms with Gasteiger partial charge in [-0.3, -0.25) is 0 Å². The van der Waals surface area contributed by atoms with Crippen LogP contribution in [0.5, 0.6) is 5.88 Å². The van der Waals surface area contributed by atoms with Gasteiger partial charge < -0.3 is 30.9 Å². The molecule has 0 aromatic carbocycles. The van der Waals surface area contributed by atoms with Crippen LogP contribution >= 0.6 is 0 Å². The van der Waals surface area contributed by atoms with E-state index in [-0.39, 0.29) is 48.1 Å². The molecule has 17 heteroatoms. The standard InChI is InChI=1S/C26H30F7N9O/c1-12-17(26(31,32)33)13(9-15(34)37-12)19-18(27)20-16-21(40-23(39-20)42-10-24(2,11-42)41(3)4)36-8-7-35-6-5-14(25(28,29)30)43-22(16)38-19/h9,14,35H,5-8,10-11H2,1-4H3,(H2,34,37)(H,36,39,40). The van der Waals surface area contributed by atoms with Crippen LogP contribution < -0.4 is 26.0 Å². The van der Waals surface area contributed by atoms with Gasteiger partial charge in [-0.25, -0.2) is 19.3 Å². The van der Waals surface area contributed by atoms with Crippen LogP contribution in [-0.2, 0) is 6.18 Å². The van der Waals surface area contributed by atoms with E-state index in [0.29, 0.717) is 13.1 Å². The fourth-order valence-electron chi connectivity index (χ4n) is 5.16. The molecule has 0 radical (unpaired) electrons. The molecule has 3 aromatic heterocycles. The number of halogens is 7. The Morgan fingerprint density at radius 2 is 1.74 bits per heavy atom. The van der Waals surface area contributed by atoms with Crippen molar-refractivity contribution in [2.24, 2.45) is 0 Å². The van der Waals surface area contributed by atoms with Gasteiger partial charge in [-0.15, -0.1) is 0 Å². The summed E-state index contributed by atoms with van der Waals surface area (Å²) in [5, 5.41) is 5.52. The monoisotopic (exact) mass is 617 g/mol. The van der Waals surface area contributed by atoms with Crippen molar-refractivity contribution >= 4 is 28.5 Å². The number of nitrogen functional groups attached to an aromatic ring is 1. The zero-order valence-electron chi connectivity index (χ0n) is 23.7. The van der Waals surface area contributed by atoms with Crippen LogP contribution in [-0.4, -0.2) is 89.5 Å². The number of hydrogen-bond acceptors (Lipinski definition) is 10. The van der Waals surface area contributed by atoms with E-state index in [9.17, 15) is 26.3 Å². The van der Waals surface area contributed by atoms with Crippen LogP contribution in [0.1, 0.15) is 24.6 Å². The lowest BCUT2D eigenvalue weighted by atomic mass is 9.91. The van der Waals surface area contributed by atoms with E-state index in [1.54, 1.807) is 4.90 Å². The number of hydrogen-bond donors (Lipinski definition) is 3. The fraction of sp³-hybridized carbons (Fsp3) is 0.538. The number of nitrogens with zero attached hydrogens (tertiary/aromatic N) is 6. The van der Waals surface area contributed by atoms with E-state index in [0.717, 1.165) is 13.0 Å². The van der Waals surface area contributed by atoms with Crippen molar-refractivity contribution in [1.29, 1.82) is 0 Å². The van der Waals surface area contributed by atoms with Gasteiger partial charge >= 0.3 is 12.4 Å². The smallest absolute Gasteiger partial charge is 0.425 e. The van der Waals surface area contributed by atoms with Crippen molar-refractivity contribution in [3.63, 3.8) is 0 Å². The molecule has 0 bridgehead atoms. The van der Waals surface area contributed by atoms with Crippen LogP contribution in [0.3, 0.4) is 0 Å². The highest BCUT2D eigenvalue weighted by atomic mass is 19.4. The number of alkyl halides is 6. The number of ether oxygens (including phenoxy) is 1. The molecule has 0 spiro atoms. The molecule has 5 rings (SSSR count). The van der Waals surface area contributed by atoms with Crippen molar-refractivity contribution < 1.29 is 35.5 Å². The summed E-state index contributed by atoms with van der Waals surface area (Å²) >= 11 is 0. The summed E-state index contributed by atoms with van der Waals surface area (Å²) in [7, 11) is 3.78. The van der Waals surface area contributed by atoms with Crippen molar-refractivity contribution in [2.75, 3.05) is 62.8 Å². The van der Waals surface area contributed by atoms with Crippen molar-refractivity contribution in [2.45, 2.75) is 44.3 Å². The van der Waals surface area contributed by atoms with Crippen LogP contribution in [0.15, 0.2) is 6.07 Å². The number of aromatic nitrogens is 4. The molecule has 1 atom stereocenters. The predicted octanol–water partition coefficient (Wildman–Crippen LogP) is 3.99. The van der Waals surface area contributed by atoms with E-state index in [4.69, 9.17) is 10.5 Å². The topological polar surface area (TPSA) is 117 Å². The molecule has 4 N–H and O–H groups in total. The van der Waals surface area contributed by atoms with Gasteiger partial charge in [-0.1, -0.05) is 0 Å². The van der Waals surface area contributed by atoms with Gasteiger partial charge in [0, 0.05) is 38.2 Å². The molecular weight excluding hydrogens is 587 g/mol. The lowest BCUT2D eigenvalue weighted by Gasteiger charge is -2.51. The van der Waals surface area contributed by atoms with Crippen LogP contribution in [0.4, 0.5) is 48.3 Å². The van der Waals surface area contributed by atoms with Crippen LogP contribution in [0.25, 0.3) is 22.2 Å². The molecule has 0 aliphatic carbocycles. The lowest BCUT2D eigenvalue weighted by molar-refractivity contribution is -0.196. The summed E-state index contributed by atoms with van der Waals surface area (Å²) in [4.78, 5) is 20.1. The zero-order valence-corrected chi connectivity index (χ0v) is 23.7. The summed E-state index contributed by atoms with van der Waals surface area (Å²) < 4.78 is 107. The third-order valence-electron chi connectivity index (χ3n) is 7.72. The molecule has 0 amide bonds. The van der Waals surface area contributed by atoms with Gasteiger partial charge in [-0.2, -0.15) is 31.3 Å². The Labute approximate surface area is 241 Å². The lowest BCUT2D eigenvalue weighted by Crippen LogP contribution is -2.67. The highest BCUT2D eigenvalue weighted by molar-refractivity contribution is 5.97. The third-order valence-corrected chi connectivity index (χ3v) is 7.72. The van der Waals surface area contributed by atoms with E-state index >= 15 is 4.39 Å². The molecule has 0 saturated carbocycles. The summed E-state index contributed by atoms with van der Waals surface area (Å²) in [6.45, 7) is 4.22. The molecule has 1 saturated heterocycles. The minimum Gasteiger partial charge on any atom is -0.464 e. The number of nitrogens with one attached hydrogen (secondary N) is 2. The molecule has 3 aromatic rings. The van der Waals surface area contributed by atoms with Gasteiger partial charge in [0.1, 0.15) is 28.2 Å². The maximum absolute atomic E-state index is 16.5. The second-order valence-corrected chi connectivity index (χ2v) is 11.1. The van der Waals surface area contributed by atoms with E-state index in [1.807, 2.05) is 25.9 Å². The van der Waals surface area contributed by atoms with Gasteiger partial charge in [-0.05, 0) is 40.6 Å². The number of aryl methyl sites for hydroxylation is 1. The number of nitrogens with two attached hydrogens (primary N) is 1. The summed E-state index contributed by atoms with van der Waals surface area (Å²) in [5.41, 5.74) is 1.27. The highest BCUT2D eigenvalue weighted by Crippen LogP contribution is 2.44. The predicted molar refractivity (Wildman–Crippen MR) is 145 cm³/mol. The first kappa shape index (κ1) is 30.7. The molecule has 5 heterocycles. The summed E-state index contributed by atoms with van der Waals surface area (Å²) in [6, 6.07) is 0.773. The number of likely N-dealkylation sites (N-methyl/N-ethyl adjacent to an activating group) is 1. The minimum absolute atomic E-state index is 0.0352. The quantitative estimate of drug-likeness (QED) is 0.373. The molecule has 43 heavy (non-hydrogen) atoms. The van der Waals surface area contributed by atoms with Crippen LogP contribution in [0.2, 0.25) is 0 Å². The second-order valence-electron chi connectivity index (χ2n) is 11.1. The second kappa shape index (κ2) is 10.8. The first-order chi connectivity index (χ1) is 20.0. The van der Waals surface area contributed by atoms with E-state index < -0.39 is 64.6 Å². The number of pyridine rings is 2. The minimum atomic E-state index is -5.03. The third kappa shape index (κ3) is 5.79. The van der Waals surface area contributed by atoms with Gasteiger partial charge in [0.2, 0.25) is 11.8 Å². The normalized spacial score (nSPS) is 19.4. The van der Waals surface area contributed by atoms with Gasteiger partial charge in [0.05, 0.1) is 16.8 Å². The Kier molecular flexibility index (Phi) is 7.69. The van der Waals surface area contributed by atoms with E-state index in [1.165, 1.54) is 0 Å². The average molecular weight is 618 g/mol. The molecular formula is C26H30F7N9O. The molecule has 2 aliphatic heterocycles. The van der Waals surface area contributed by atoms with Crippen molar-refractivity contribution in [3.05, 3.63) is 23.1 Å². The van der Waals surface area contributed by atoms with Crippen molar-refractivity contribution in [3.8, 4) is 17.1 Å². The fourth-order valence-corrected chi connectivity index (χ4v) is 5.16. The van der Waals surface area contributed by atoms with E-state index in [2.05, 4.69) is 30.6 Å². The Bertz CT molecular complexity index is 1540. The Morgan fingerprint density at radius 3 is 2.37 bits per heavy atom. The molecule has 234 valence electrons. The Morgan fingerprint density at radius 1 is 1.05 bits per heavy atom. The highest BCUT2D eigenvalue weighted by Gasteiger charge is 2.45. The van der Waals surface area contributed by atoms with Crippen molar-refractivity contribution in [1.82, 2.24) is 30.2 Å². The maximum Gasteiger partial charge on any atom is 0.425 e. The molecule has 1 unspecified atom stereocenters. The molecule has 10 nitrogen and oxygen atoms in total. The van der Waals surface area contributed by atoms with Gasteiger partial charge in [0.15, 0.2) is 11.9 Å². The molecule has 2 aliphatic rings. The first-order valence-electron chi connectivity index (χ1n) is 13.4. The maximum atomic E-state index is 16.5. The van der Waals surface area contributed by atoms with Crippen LogP contribution in [0, 0.1) is 12.7 Å². The number of anilines is 3. The Hall–Kier alpha value is -3.73. The summed E-state index contributed by atoms with van der Waals surface area (Å²) in [6.07, 6.45) is -12.9. The molecule has 1 fully saturated rings. The first-order valence-corrected chi connectivity index (χ1v) is 13.4. The average Bonchev–Trinajstić information content (AvgIpc) is 2.90. The summed E-state index contributed by atoms with van der Waals surface area (Å²) in [5.74, 6) is -2.49. The SMILES string of the molecule is Cc1nc(N)cc(-c2nc3c4c(nc(N5CC(C)(N(C)C)C5)nc4c2F)NCCNCCC(C(F)(F)F)O3)c1C(F)(F)F. The zero-order chi connectivity index (χ0) is 31.5.